The molecule has 0 saturated heterocycles. The molecule has 0 radical (unpaired) electrons. The van der Waals surface area contributed by atoms with Crippen LogP contribution in [0.2, 0.25) is 5.02 Å². The van der Waals surface area contributed by atoms with Gasteiger partial charge in [0.2, 0.25) is 0 Å². The van der Waals surface area contributed by atoms with Crippen LogP contribution in [0.5, 0.6) is 5.75 Å². The summed E-state index contributed by atoms with van der Waals surface area (Å²) in [5.74, 6) is 1.47. The standard InChI is InChI=1S/C12H15ClN4O/c1-8(14)10-5-9(13)3-4-11(10)18-6-12-16-15-7-17(12)2/h3-5,7-8H,6,14H2,1-2H3/t8-/m0/s1. The quantitative estimate of drug-likeness (QED) is 0.920. The zero-order valence-electron chi connectivity index (χ0n) is 10.3. The predicted octanol–water partition coefficient (Wildman–Crippen LogP) is 2.07. The molecule has 0 aliphatic heterocycles. The molecule has 0 bridgehead atoms. The van der Waals surface area contributed by atoms with Gasteiger partial charge in [0, 0.05) is 23.7 Å². The zero-order valence-corrected chi connectivity index (χ0v) is 11.1. The molecule has 0 amide bonds. The lowest BCUT2D eigenvalue weighted by Gasteiger charge is -2.14. The maximum absolute atomic E-state index is 5.95. The highest BCUT2D eigenvalue weighted by Crippen LogP contribution is 2.27. The number of hydrogen-bond acceptors (Lipinski definition) is 4. The topological polar surface area (TPSA) is 66.0 Å². The lowest BCUT2D eigenvalue weighted by molar-refractivity contribution is 0.287. The number of nitrogens with zero attached hydrogens (tertiary/aromatic N) is 3. The van der Waals surface area contributed by atoms with Crippen molar-refractivity contribution in [3.05, 3.63) is 40.9 Å². The third-order valence-electron chi connectivity index (χ3n) is 2.62. The molecule has 0 aliphatic rings. The lowest BCUT2D eigenvalue weighted by atomic mass is 10.1. The number of aryl methyl sites for hydroxylation is 1. The third kappa shape index (κ3) is 2.80. The molecule has 0 unspecified atom stereocenters. The lowest BCUT2D eigenvalue weighted by Crippen LogP contribution is -2.09. The summed E-state index contributed by atoms with van der Waals surface area (Å²) >= 11 is 5.95. The Kier molecular flexibility index (Phi) is 3.84. The van der Waals surface area contributed by atoms with E-state index in [9.17, 15) is 0 Å². The summed E-state index contributed by atoms with van der Waals surface area (Å²) in [5.41, 5.74) is 6.77. The highest BCUT2D eigenvalue weighted by Gasteiger charge is 2.10. The van der Waals surface area contributed by atoms with Gasteiger partial charge in [-0.1, -0.05) is 11.6 Å². The molecule has 1 aromatic heterocycles. The third-order valence-corrected chi connectivity index (χ3v) is 2.86. The second kappa shape index (κ2) is 5.37. The minimum Gasteiger partial charge on any atom is -0.485 e. The van der Waals surface area contributed by atoms with Crippen molar-refractivity contribution in [2.24, 2.45) is 12.8 Å². The summed E-state index contributed by atoms with van der Waals surface area (Å²) in [6.45, 7) is 2.23. The Bertz CT molecular complexity index is 539. The zero-order chi connectivity index (χ0) is 13.1. The van der Waals surface area contributed by atoms with E-state index in [4.69, 9.17) is 22.1 Å². The van der Waals surface area contributed by atoms with E-state index in [1.807, 2.05) is 30.7 Å². The first kappa shape index (κ1) is 12.9. The summed E-state index contributed by atoms with van der Waals surface area (Å²) < 4.78 is 7.52. The number of halogens is 1. The van der Waals surface area contributed by atoms with Crippen LogP contribution in [0, 0.1) is 0 Å². The fourth-order valence-electron chi connectivity index (χ4n) is 1.59. The first-order chi connectivity index (χ1) is 8.58. The Morgan fingerprint density at radius 3 is 2.89 bits per heavy atom. The molecular formula is C12H15ClN4O. The molecule has 2 rings (SSSR count). The van der Waals surface area contributed by atoms with E-state index >= 15 is 0 Å². The fraction of sp³-hybridized carbons (Fsp3) is 0.333. The van der Waals surface area contributed by atoms with Gasteiger partial charge < -0.3 is 15.0 Å². The maximum atomic E-state index is 5.95. The Morgan fingerprint density at radius 2 is 2.28 bits per heavy atom. The second-order valence-electron chi connectivity index (χ2n) is 4.12. The van der Waals surface area contributed by atoms with Gasteiger partial charge in [0.25, 0.3) is 0 Å². The first-order valence-electron chi connectivity index (χ1n) is 5.58. The number of nitrogens with two attached hydrogens (primary N) is 1. The largest absolute Gasteiger partial charge is 0.485 e. The summed E-state index contributed by atoms with van der Waals surface area (Å²) in [5, 5.41) is 8.39. The van der Waals surface area contributed by atoms with Gasteiger partial charge in [-0.3, -0.25) is 0 Å². The number of ether oxygens (including phenoxy) is 1. The van der Waals surface area contributed by atoms with Crippen LogP contribution >= 0.6 is 11.6 Å². The molecule has 0 saturated carbocycles. The van der Waals surface area contributed by atoms with E-state index in [-0.39, 0.29) is 6.04 Å². The normalized spacial score (nSPS) is 12.4. The smallest absolute Gasteiger partial charge is 0.170 e. The Morgan fingerprint density at radius 1 is 1.50 bits per heavy atom. The van der Waals surface area contributed by atoms with Gasteiger partial charge in [-0.15, -0.1) is 10.2 Å². The molecule has 18 heavy (non-hydrogen) atoms. The Labute approximate surface area is 111 Å². The number of benzene rings is 1. The van der Waals surface area contributed by atoms with Crippen LogP contribution in [-0.2, 0) is 13.7 Å². The van der Waals surface area contributed by atoms with Crippen LogP contribution in [0.25, 0.3) is 0 Å². The summed E-state index contributed by atoms with van der Waals surface area (Å²) in [7, 11) is 1.87. The van der Waals surface area contributed by atoms with Crippen LogP contribution in [0.15, 0.2) is 24.5 Å². The van der Waals surface area contributed by atoms with Gasteiger partial charge >= 0.3 is 0 Å². The van der Waals surface area contributed by atoms with Gasteiger partial charge in [0.05, 0.1) is 0 Å². The molecule has 1 heterocycles. The van der Waals surface area contributed by atoms with Crippen molar-refractivity contribution in [1.82, 2.24) is 14.8 Å². The van der Waals surface area contributed by atoms with Crippen molar-refractivity contribution in [2.45, 2.75) is 19.6 Å². The molecular weight excluding hydrogens is 252 g/mol. The molecule has 1 aromatic carbocycles. The minimum absolute atomic E-state index is 0.141. The van der Waals surface area contributed by atoms with Crippen LogP contribution in [0.3, 0.4) is 0 Å². The number of aromatic nitrogens is 3. The van der Waals surface area contributed by atoms with Gasteiger partial charge in [-0.25, -0.2) is 0 Å². The van der Waals surface area contributed by atoms with Gasteiger partial charge in [-0.05, 0) is 25.1 Å². The van der Waals surface area contributed by atoms with Crippen molar-refractivity contribution in [2.75, 3.05) is 0 Å². The van der Waals surface area contributed by atoms with Gasteiger partial charge in [0.15, 0.2) is 5.82 Å². The summed E-state index contributed by atoms with van der Waals surface area (Å²) in [6.07, 6.45) is 1.63. The fourth-order valence-corrected chi connectivity index (χ4v) is 1.77. The summed E-state index contributed by atoms with van der Waals surface area (Å²) in [6, 6.07) is 5.27. The average Bonchev–Trinajstić information content (AvgIpc) is 2.73. The molecule has 2 N–H and O–H groups in total. The van der Waals surface area contributed by atoms with Crippen molar-refractivity contribution >= 4 is 11.6 Å². The van der Waals surface area contributed by atoms with Crippen molar-refractivity contribution in [1.29, 1.82) is 0 Å². The van der Waals surface area contributed by atoms with E-state index in [1.165, 1.54) is 0 Å². The highest BCUT2D eigenvalue weighted by molar-refractivity contribution is 6.30. The van der Waals surface area contributed by atoms with Crippen LogP contribution in [0.4, 0.5) is 0 Å². The average molecular weight is 267 g/mol. The van der Waals surface area contributed by atoms with Crippen molar-refractivity contribution < 1.29 is 4.74 Å². The van der Waals surface area contributed by atoms with Crippen molar-refractivity contribution in [3.8, 4) is 5.75 Å². The molecule has 0 spiro atoms. The second-order valence-corrected chi connectivity index (χ2v) is 4.55. The number of rotatable bonds is 4. The summed E-state index contributed by atoms with van der Waals surface area (Å²) in [4.78, 5) is 0. The molecule has 0 fully saturated rings. The molecule has 6 heteroatoms. The molecule has 0 aliphatic carbocycles. The van der Waals surface area contributed by atoms with Gasteiger partial charge in [0.1, 0.15) is 18.7 Å². The van der Waals surface area contributed by atoms with Crippen LogP contribution in [0.1, 0.15) is 24.4 Å². The molecule has 96 valence electrons. The van der Waals surface area contributed by atoms with Crippen LogP contribution in [-0.4, -0.2) is 14.8 Å². The van der Waals surface area contributed by atoms with E-state index in [2.05, 4.69) is 10.2 Å². The monoisotopic (exact) mass is 266 g/mol. The maximum Gasteiger partial charge on any atom is 0.170 e. The Hall–Kier alpha value is -1.59. The van der Waals surface area contributed by atoms with E-state index < -0.39 is 0 Å². The van der Waals surface area contributed by atoms with E-state index in [0.29, 0.717) is 11.6 Å². The van der Waals surface area contributed by atoms with E-state index in [1.54, 1.807) is 12.4 Å². The molecule has 1 atom stereocenters. The molecule has 2 aromatic rings. The highest BCUT2D eigenvalue weighted by atomic mass is 35.5. The minimum atomic E-state index is -0.141. The van der Waals surface area contributed by atoms with E-state index in [0.717, 1.165) is 17.1 Å². The first-order valence-corrected chi connectivity index (χ1v) is 5.96. The van der Waals surface area contributed by atoms with Crippen molar-refractivity contribution in [3.63, 3.8) is 0 Å². The van der Waals surface area contributed by atoms with Gasteiger partial charge in [-0.2, -0.15) is 0 Å². The Balaban J connectivity index is 2.16. The predicted molar refractivity (Wildman–Crippen MR) is 69.4 cm³/mol. The SMILES string of the molecule is C[C@H](N)c1cc(Cl)ccc1OCc1nncn1C. The number of hydrogen-bond donors (Lipinski definition) is 1. The van der Waals surface area contributed by atoms with Crippen LogP contribution < -0.4 is 10.5 Å². The molecule has 5 nitrogen and oxygen atoms in total.